The van der Waals surface area contributed by atoms with Crippen LogP contribution < -0.4 is 5.32 Å². The first kappa shape index (κ1) is 16.5. The van der Waals surface area contributed by atoms with E-state index in [1.165, 1.54) is 24.8 Å². The molecule has 0 aromatic heterocycles. The van der Waals surface area contributed by atoms with E-state index in [0.29, 0.717) is 17.9 Å². The Bertz CT molecular complexity index is 482. The van der Waals surface area contributed by atoms with Gasteiger partial charge in [0.1, 0.15) is 0 Å². The summed E-state index contributed by atoms with van der Waals surface area (Å²) in [4.78, 5) is 14.9. The summed E-state index contributed by atoms with van der Waals surface area (Å²) in [5, 5.41) is 3.38. The molecule has 0 saturated carbocycles. The smallest absolute Gasteiger partial charge is 0.223 e. The standard InChI is InChI=1S/C20H30N2O/c23-20(16-18-11-13-21-14-12-18)22-15-5-10-19(22)9-4-8-17-6-2-1-3-7-17/h1-3,6-7,18-19,21H,4-5,8-16H2. The Balaban J connectivity index is 1.44. The number of rotatable bonds is 6. The van der Waals surface area contributed by atoms with Gasteiger partial charge in [-0.25, -0.2) is 0 Å². The van der Waals surface area contributed by atoms with Gasteiger partial charge in [-0.1, -0.05) is 30.3 Å². The molecule has 1 N–H and O–H groups in total. The molecule has 0 bridgehead atoms. The van der Waals surface area contributed by atoms with Crippen LogP contribution >= 0.6 is 0 Å². The summed E-state index contributed by atoms with van der Waals surface area (Å²) < 4.78 is 0. The van der Waals surface area contributed by atoms with E-state index in [1.807, 2.05) is 0 Å². The Morgan fingerprint density at radius 3 is 2.70 bits per heavy atom. The van der Waals surface area contributed by atoms with Gasteiger partial charge in [-0.05, 0) is 69.5 Å². The molecule has 1 amide bonds. The third-order valence-corrected chi connectivity index (χ3v) is 5.47. The molecule has 3 heteroatoms. The van der Waals surface area contributed by atoms with Gasteiger partial charge in [-0.3, -0.25) is 4.79 Å². The lowest BCUT2D eigenvalue weighted by Gasteiger charge is -2.28. The lowest BCUT2D eigenvalue weighted by molar-refractivity contribution is -0.133. The van der Waals surface area contributed by atoms with Crippen molar-refractivity contribution in [3.05, 3.63) is 35.9 Å². The van der Waals surface area contributed by atoms with Crippen molar-refractivity contribution in [2.45, 2.75) is 57.4 Å². The summed E-state index contributed by atoms with van der Waals surface area (Å²) in [5.74, 6) is 1.02. The topological polar surface area (TPSA) is 32.3 Å². The third-order valence-electron chi connectivity index (χ3n) is 5.47. The number of aryl methyl sites for hydroxylation is 1. The quantitative estimate of drug-likeness (QED) is 0.873. The van der Waals surface area contributed by atoms with Gasteiger partial charge in [-0.2, -0.15) is 0 Å². The molecular formula is C20H30N2O. The number of nitrogens with zero attached hydrogens (tertiary/aromatic N) is 1. The van der Waals surface area contributed by atoms with E-state index in [0.717, 1.165) is 51.7 Å². The van der Waals surface area contributed by atoms with Crippen LogP contribution in [0.1, 0.15) is 50.5 Å². The van der Waals surface area contributed by atoms with Crippen LogP contribution in [0.4, 0.5) is 0 Å². The van der Waals surface area contributed by atoms with Crippen LogP contribution in [0.3, 0.4) is 0 Å². The zero-order valence-corrected chi connectivity index (χ0v) is 14.2. The molecule has 0 spiro atoms. The van der Waals surface area contributed by atoms with Crippen molar-refractivity contribution in [3.63, 3.8) is 0 Å². The predicted octanol–water partition coefficient (Wildman–Crippen LogP) is 3.39. The third kappa shape index (κ3) is 4.81. The first-order valence-electron chi connectivity index (χ1n) is 9.37. The monoisotopic (exact) mass is 314 g/mol. The molecule has 1 aromatic rings. The first-order chi connectivity index (χ1) is 11.3. The van der Waals surface area contributed by atoms with Gasteiger partial charge in [0.15, 0.2) is 0 Å². The van der Waals surface area contributed by atoms with Crippen LogP contribution in [0.25, 0.3) is 0 Å². The predicted molar refractivity (Wildman–Crippen MR) is 94.3 cm³/mol. The number of carbonyl (C=O) groups is 1. The number of amides is 1. The van der Waals surface area contributed by atoms with Crippen LogP contribution in [0.5, 0.6) is 0 Å². The zero-order chi connectivity index (χ0) is 15.9. The number of hydrogen-bond donors (Lipinski definition) is 1. The van der Waals surface area contributed by atoms with Crippen molar-refractivity contribution in [1.29, 1.82) is 0 Å². The first-order valence-corrected chi connectivity index (χ1v) is 9.37. The van der Waals surface area contributed by atoms with E-state index < -0.39 is 0 Å². The van der Waals surface area contributed by atoms with Gasteiger partial charge in [0.2, 0.25) is 5.91 Å². The van der Waals surface area contributed by atoms with Crippen molar-refractivity contribution in [2.75, 3.05) is 19.6 Å². The van der Waals surface area contributed by atoms with Gasteiger partial charge < -0.3 is 10.2 Å². The van der Waals surface area contributed by atoms with E-state index in [1.54, 1.807) is 0 Å². The lowest BCUT2D eigenvalue weighted by atomic mass is 9.94. The largest absolute Gasteiger partial charge is 0.340 e. The van der Waals surface area contributed by atoms with E-state index in [2.05, 4.69) is 40.5 Å². The maximum absolute atomic E-state index is 12.7. The van der Waals surface area contributed by atoms with Gasteiger partial charge in [-0.15, -0.1) is 0 Å². The van der Waals surface area contributed by atoms with Crippen LogP contribution in [0.2, 0.25) is 0 Å². The molecule has 0 radical (unpaired) electrons. The molecule has 23 heavy (non-hydrogen) atoms. The highest BCUT2D eigenvalue weighted by Gasteiger charge is 2.29. The molecule has 1 aromatic carbocycles. The molecule has 0 aliphatic carbocycles. The maximum atomic E-state index is 12.7. The zero-order valence-electron chi connectivity index (χ0n) is 14.2. The average Bonchev–Trinajstić information content (AvgIpc) is 3.05. The Labute approximate surface area is 140 Å². The number of likely N-dealkylation sites (tertiary alicyclic amines) is 1. The minimum atomic E-state index is 0.416. The Kier molecular flexibility index (Phi) is 6.09. The molecule has 2 saturated heterocycles. The summed E-state index contributed by atoms with van der Waals surface area (Å²) in [6.07, 6.45) is 8.97. The van der Waals surface area contributed by atoms with Crippen molar-refractivity contribution >= 4 is 5.91 Å². The van der Waals surface area contributed by atoms with Crippen LogP contribution in [0, 0.1) is 5.92 Å². The Morgan fingerprint density at radius 2 is 1.91 bits per heavy atom. The SMILES string of the molecule is O=C(CC1CCNCC1)N1CCCC1CCCc1ccccc1. The molecule has 3 rings (SSSR count). The molecule has 1 unspecified atom stereocenters. The number of nitrogens with one attached hydrogen (secondary N) is 1. The summed E-state index contributed by atoms with van der Waals surface area (Å²) in [6, 6.07) is 11.2. The van der Waals surface area contributed by atoms with Crippen LogP contribution in [-0.4, -0.2) is 36.5 Å². The highest BCUT2D eigenvalue weighted by molar-refractivity contribution is 5.77. The fourth-order valence-electron chi connectivity index (χ4n) is 4.10. The molecule has 2 aliphatic rings. The van der Waals surface area contributed by atoms with Gasteiger partial charge in [0, 0.05) is 19.0 Å². The van der Waals surface area contributed by atoms with Crippen molar-refractivity contribution in [1.82, 2.24) is 10.2 Å². The fourth-order valence-corrected chi connectivity index (χ4v) is 4.10. The van der Waals surface area contributed by atoms with Gasteiger partial charge >= 0.3 is 0 Å². The number of carbonyl (C=O) groups excluding carboxylic acids is 1. The highest BCUT2D eigenvalue weighted by Crippen LogP contribution is 2.25. The minimum absolute atomic E-state index is 0.416. The second-order valence-electron chi connectivity index (χ2n) is 7.16. The molecule has 2 aliphatic heterocycles. The molecule has 2 heterocycles. The Morgan fingerprint density at radius 1 is 1.13 bits per heavy atom. The number of hydrogen-bond acceptors (Lipinski definition) is 2. The summed E-state index contributed by atoms with van der Waals surface area (Å²) >= 11 is 0. The Hall–Kier alpha value is -1.35. The molecule has 126 valence electrons. The fraction of sp³-hybridized carbons (Fsp3) is 0.650. The molecule has 2 fully saturated rings. The van der Waals surface area contributed by atoms with E-state index >= 15 is 0 Å². The number of piperidine rings is 1. The summed E-state index contributed by atoms with van der Waals surface area (Å²) in [6.45, 7) is 3.15. The second-order valence-corrected chi connectivity index (χ2v) is 7.16. The van der Waals surface area contributed by atoms with Crippen molar-refractivity contribution < 1.29 is 4.79 Å². The van der Waals surface area contributed by atoms with Gasteiger partial charge in [0.05, 0.1) is 0 Å². The number of benzene rings is 1. The highest BCUT2D eigenvalue weighted by atomic mass is 16.2. The molecular weight excluding hydrogens is 284 g/mol. The normalized spacial score (nSPS) is 22.4. The molecule has 3 nitrogen and oxygen atoms in total. The van der Waals surface area contributed by atoms with Gasteiger partial charge in [0.25, 0.3) is 0 Å². The van der Waals surface area contributed by atoms with Crippen molar-refractivity contribution in [3.8, 4) is 0 Å². The summed E-state index contributed by atoms with van der Waals surface area (Å²) in [5.41, 5.74) is 1.41. The molecule has 1 atom stereocenters. The summed E-state index contributed by atoms with van der Waals surface area (Å²) in [7, 11) is 0. The second kappa shape index (κ2) is 8.49. The lowest BCUT2D eigenvalue weighted by Crippen LogP contribution is -2.38. The van der Waals surface area contributed by atoms with E-state index in [-0.39, 0.29) is 0 Å². The van der Waals surface area contributed by atoms with Crippen LogP contribution in [-0.2, 0) is 11.2 Å². The van der Waals surface area contributed by atoms with Crippen LogP contribution in [0.15, 0.2) is 30.3 Å². The van der Waals surface area contributed by atoms with E-state index in [9.17, 15) is 4.79 Å². The average molecular weight is 314 g/mol. The van der Waals surface area contributed by atoms with Crippen molar-refractivity contribution in [2.24, 2.45) is 5.92 Å². The van der Waals surface area contributed by atoms with E-state index in [4.69, 9.17) is 0 Å². The minimum Gasteiger partial charge on any atom is -0.340 e. The maximum Gasteiger partial charge on any atom is 0.223 e.